The molecule has 1 fully saturated rings. The van der Waals surface area contributed by atoms with Gasteiger partial charge in [-0.3, -0.25) is 4.79 Å². The monoisotopic (exact) mass is 343 g/mol. The van der Waals surface area contributed by atoms with Crippen molar-refractivity contribution in [2.45, 2.75) is 0 Å². The second kappa shape index (κ2) is 8.12. The molecule has 0 radical (unpaired) electrons. The number of carbonyl (C=O) groups is 2. The van der Waals surface area contributed by atoms with Crippen LogP contribution in [0, 0.1) is 5.82 Å². The van der Waals surface area contributed by atoms with Crippen molar-refractivity contribution >= 4 is 23.5 Å². The Hall–Kier alpha value is -1.86. The number of ether oxygens (including phenoxy) is 1. The summed E-state index contributed by atoms with van der Waals surface area (Å²) in [6.45, 7) is 2.58. The van der Waals surface area contributed by atoms with Crippen molar-refractivity contribution in [1.82, 2.24) is 15.1 Å². The van der Waals surface area contributed by atoms with Crippen molar-refractivity contribution in [3.05, 3.63) is 34.6 Å². The number of piperazine rings is 1. The minimum absolute atomic E-state index is 0.0924. The summed E-state index contributed by atoms with van der Waals surface area (Å²) >= 11 is 5.92. The van der Waals surface area contributed by atoms with Crippen LogP contribution in [-0.4, -0.2) is 68.2 Å². The third-order valence-corrected chi connectivity index (χ3v) is 3.91. The highest BCUT2D eigenvalue weighted by atomic mass is 35.5. The van der Waals surface area contributed by atoms with Crippen LogP contribution in [-0.2, 0) is 4.74 Å². The SMILES string of the molecule is COCCNC(=O)N1CCN(C(=O)c2ccc(F)cc2Cl)CC1. The number of methoxy groups -OCH3 is 1. The molecule has 0 saturated carbocycles. The Morgan fingerprint density at radius 2 is 1.91 bits per heavy atom. The predicted molar refractivity (Wildman–Crippen MR) is 84.2 cm³/mol. The molecule has 0 aliphatic carbocycles. The maximum absolute atomic E-state index is 13.1. The fourth-order valence-corrected chi connectivity index (χ4v) is 2.57. The zero-order valence-corrected chi connectivity index (χ0v) is 13.6. The second-order valence-electron chi connectivity index (χ2n) is 5.13. The number of amides is 3. The first kappa shape index (κ1) is 17.5. The van der Waals surface area contributed by atoms with Crippen molar-refractivity contribution in [3.63, 3.8) is 0 Å². The van der Waals surface area contributed by atoms with Gasteiger partial charge in [-0.25, -0.2) is 9.18 Å². The summed E-state index contributed by atoms with van der Waals surface area (Å²) in [4.78, 5) is 27.6. The van der Waals surface area contributed by atoms with E-state index in [9.17, 15) is 14.0 Å². The largest absolute Gasteiger partial charge is 0.383 e. The Bertz CT molecular complexity index is 577. The smallest absolute Gasteiger partial charge is 0.317 e. The summed E-state index contributed by atoms with van der Waals surface area (Å²) in [5.74, 6) is -0.737. The van der Waals surface area contributed by atoms with Crippen LogP contribution < -0.4 is 5.32 Å². The lowest BCUT2D eigenvalue weighted by molar-refractivity contribution is 0.0664. The molecular weight excluding hydrogens is 325 g/mol. The van der Waals surface area contributed by atoms with Gasteiger partial charge in [0.2, 0.25) is 0 Å². The lowest BCUT2D eigenvalue weighted by Crippen LogP contribution is -2.53. The van der Waals surface area contributed by atoms with E-state index < -0.39 is 5.82 Å². The fraction of sp³-hybridized carbons (Fsp3) is 0.467. The molecule has 8 heteroatoms. The molecular formula is C15H19ClFN3O3. The zero-order chi connectivity index (χ0) is 16.8. The van der Waals surface area contributed by atoms with Crippen molar-refractivity contribution in [3.8, 4) is 0 Å². The molecule has 126 valence electrons. The number of hydrogen-bond donors (Lipinski definition) is 1. The average Bonchev–Trinajstić information content (AvgIpc) is 2.54. The van der Waals surface area contributed by atoms with Gasteiger partial charge >= 0.3 is 6.03 Å². The Balaban J connectivity index is 1.88. The van der Waals surface area contributed by atoms with Crippen LogP contribution in [0.3, 0.4) is 0 Å². The molecule has 0 bridgehead atoms. The van der Waals surface area contributed by atoms with Crippen molar-refractivity contribution in [2.75, 3.05) is 46.4 Å². The summed E-state index contributed by atoms with van der Waals surface area (Å²) in [5.41, 5.74) is 0.270. The van der Waals surface area contributed by atoms with Crippen molar-refractivity contribution < 1.29 is 18.7 Å². The van der Waals surface area contributed by atoms with Crippen LogP contribution in [0.4, 0.5) is 9.18 Å². The topological polar surface area (TPSA) is 61.9 Å². The molecule has 1 aliphatic rings. The molecule has 0 unspecified atom stereocenters. The molecule has 0 spiro atoms. The first-order valence-corrected chi connectivity index (χ1v) is 7.66. The third-order valence-electron chi connectivity index (χ3n) is 3.60. The van der Waals surface area contributed by atoms with E-state index in [1.54, 1.807) is 16.9 Å². The highest BCUT2D eigenvalue weighted by molar-refractivity contribution is 6.33. The van der Waals surface area contributed by atoms with Gasteiger partial charge in [0.15, 0.2) is 0 Å². The number of carbonyl (C=O) groups excluding carboxylic acids is 2. The molecule has 0 atom stereocenters. The number of hydrogen-bond acceptors (Lipinski definition) is 3. The molecule has 23 heavy (non-hydrogen) atoms. The van der Waals surface area contributed by atoms with E-state index in [1.807, 2.05) is 0 Å². The summed E-state index contributed by atoms with van der Waals surface area (Å²) in [6.07, 6.45) is 0. The standard InChI is InChI=1S/C15H19ClFN3O3/c1-23-9-4-18-15(22)20-7-5-19(6-8-20)14(21)12-3-2-11(17)10-13(12)16/h2-3,10H,4-9H2,1H3,(H,18,22). The summed E-state index contributed by atoms with van der Waals surface area (Å²) in [6, 6.07) is 3.53. The van der Waals surface area contributed by atoms with Gasteiger partial charge in [-0.1, -0.05) is 11.6 Å². The maximum Gasteiger partial charge on any atom is 0.317 e. The van der Waals surface area contributed by atoms with Gasteiger partial charge in [0, 0.05) is 39.8 Å². The van der Waals surface area contributed by atoms with Gasteiger partial charge in [0.05, 0.1) is 17.2 Å². The van der Waals surface area contributed by atoms with Crippen LogP contribution in [0.15, 0.2) is 18.2 Å². The highest BCUT2D eigenvalue weighted by Crippen LogP contribution is 2.19. The fourth-order valence-electron chi connectivity index (χ4n) is 2.32. The van der Waals surface area contributed by atoms with Gasteiger partial charge in [-0.2, -0.15) is 0 Å². The molecule has 1 aromatic carbocycles. The summed E-state index contributed by atoms with van der Waals surface area (Å²) in [7, 11) is 1.57. The van der Waals surface area contributed by atoms with E-state index >= 15 is 0 Å². The van der Waals surface area contributed by atoms with E-state index in [2.05, 4.69) is 5.32 Å². The average molecular weight is 344 g/mol. The predicted octanol–water partition coefficient (Wildman–Crippen LogP) is 1.59. The minimum atomic E-state index is -0.482. The lowest BCUT2D eigenvalue weighted by Gasteiger charge is -2.34. The Kier molecular flexibility index (Phi) is 6.18. The third kappa shape index (κ3) is 4.56. The molecule has 1 saturated heterocycles. The van der Waals surface area contributed by atoms with Gasteiger partial charge in [0.1, 0.15) is 5.82 Å². The summed E-state index contributed by atoms with van der Waals surface area (Å²) < 4.78 is 17.9. The Labute approximate surface area is 139 Å². The number of benzene rings is 1. The number of urea groups is 1. The highest BCUT2D eigenvalue weighted by Gasteiger charge is 2.25. The first-order chi connectivity index (χ1) is 11.0. The molecule has 3 amide bonds. The molecule has 0 aromatic heterocycles. The van der Waals surface area contributed by atoms with Crippen LogP contribution in [0.25, 0.3) is 0 Å². The Morgan fingerprint density at radius 3 is 2.52 bits per heavy atom. The van der Waals surface area contributed by atoms with E-state index in [1.165, 1.54) is 12.1 Å². The second-order valence-corrected chi connectivity index (χ2v) is 5.54. The van der Waals surface area contributed by atoms with Gasteiger partial charge in [-0.05, 0) is 18.2 Å². The number of rotatable bonds is 4. The van der Waals surface area contributed by atoms with Gasteiger partial charge in [-0.15, -0.1) is 0 Å². The van der Waals surface area contributed by atoms with E-state index in [0.29, 0.717) is 39.3 Å². The van der Waals surface area contributed by atoms with Crippen molar-refractivity contribution in [2.24, 2.45) is 0 Å². The summed E-state index contributed by atoms with van der Waals surface area (Å²) in [5, 5.41) is 2.83. The van der Waals surface area contributed by atoms with Crippen LogP contribution >= 0.6 is 11.6 Å². The van der Waals surface area contributed by atoms with E-state index in [4.69, 9.17) is 16.3 Å². The zero-order valence-electron chi connectivity index (χ0n) is 12.8. The number of halogens is 2. The van der Waals surface area contributed by atoms with Gasteiger partial charge < -0.3 is 19.9 Å². The van der Waals surface area contributed by atoms with Crippen LogP contribution in [0.2, 0.25) is 5.02 Å². The molecule has 2 rings (SSSR count). The van der Waals surface area contributed by atoms with Crippen molar-refractivity contribution in [1.29, 1.82) is 0 Å². The number of nitrogens with one attached hydrogen (secondary N) is 1. The molecule has 1 heterocycles. The normalized spacial score (nSPS) is 14.7. The van der Waals surface area contributed by atoms with Crippen LogP contribution in [0.1, 0.15) is 10.4 Å². The van der Waals surface area contributed by atoms with Gasteiger partial charge in [0.25, 0.3) is 5.91 Å². The molecule has 1 aromatic rings. The maximum atomic E-state index is 13.1. The molecule has 1 N–H and O–H groups in total. The van der Waals surface area contributed by atoms with Crippen LogP contribution in [0.5, 0.6) is 0 Å². The molecule has 1 aliphatic heterocycles. The first-order valence-electron chi connectivity index (χ1n) is 7.29. The Morgan fingerprint density at radius 1 is 1.26 bits per heavy atom. The quantitative estimate of drug-likeness (QED) is 0.845. The van der Waals surface area contributed by atoms with E-state index in [-0.39, 0.29) is 22.5 Å². The number of nitrogens with zero attached hydrogens (tertiary/aromatic N) is 2. The minimum Gasteiger partial charge on any atom is -0.383 e. The lowest BCUT2D eigenvalue weighted by atomic mass is 10.1. The van der Waals surface area contributed by atoms with E-state index in [0.717, 1.165) is 6.07 Å². The molecule has 6 nitrogen and oxygen atoms in total.